The number of likely N-dealkylation sites (N-methyl/N-ethyl adjacent to an activating group) is 1. The van der Waals surface area contributed by atoms with Crippen LogP contribution in [-0.4, -0.2) is 77.7 Å². The molecule has 2 aromatic heterocycles. The van der Waals surface area contributed by atoms with E-state index in [0.29, 0.717) is 37.4 Å². The summed E-state index contributed by atoms with van der Waals surface area (Å²) in [6, 6.07) is 4.37. The van der Waals surface area contributed by atoms with Gasteiger partial charge in [-0.05, 0) is 29.7 Å². The molecule has 3 aromatic rings. The van der Waals surface area contributed by atoms with E-state index in [-0.39, 0.29) is 12.5 Å². The maximum absolute atomic E-state index is 14.2. The average molecular weight is 468 g/mol. The Morgan fingerprint density at radius 2 is 2.06 bits per heavy atom. The summed E-state index contributed by atoms with van der Waals surface area (Å²) >= 11 is 0. The van der Waals surface area contributed by atoms with Gasteiger partial charge in [0, 0.05) is 80.4 Å². The molecule has 2 aliphatic heterocycles. The number of aromatic nitrogens is 2. The summed E-state index contributed by atoms with van der Waals surface area (Å²) in [5, 5.41) is 9.97. The lowest BCUT2D eigenvalue weighted by molar-refractivity contribution is -0.131. The zero-order chi connectivity index (χ0) is 24.0. The number of aromatic amines is 1. The number of hydrogen-bond donors (Lipinski definition) is 2. The van der Waals surface area contributed by atoms with E-state index in [1.165, 1.54) is 17.0 Å². The van der Waals surface area contributed by atoms with Gasteiger partial charge >= 0.3 is 0 Å². The Morgan fingerprint density at radius 3 is 2.79 bits per heavy atom. The summed E-state index contributed by atoms with van der Waals surface area (Å²) in [6.45, 7) is 2.47. The first-order valence-electron chi connectivity index (χ1n) is 11.3. The van der Waals surface area contributed by atoms with Crippen molar-refractivity contribution < 1.29 is 18.7 Å². The monoisotopic (exact) mass is 467 g/mol. The topological polar surface area (TPSA) is 75.7 Å². The first-order valence-corrected chi connectivity index (χ1v) is 11.3. The summed E-state index contributed by atoms with van der Waals surface area (Å²) in [5.41, 5.74) is 6.02. The van der Waals surface area contributed by atoms with Crippen molar-refractivity contribution in [1.29, 1.82) is 0 Å². The molecular formula is C25H27F2N5O2. The number of rotatable bonds is 5. The molecule has 1 amide bonds. The van der Waals surface area contributed by atoms with Gasteiger partial charge in [-0.25, -0.2) is 13.8 Å². The number of hydrogen-bond acceptors (Lipinski definition) is 5. The number of carbonyl (C=O) groups is 1. The van der Waals surface area contributed by atoms with E-state index in [4.69, 9.17) is 5.11 Å². The summed E-state index contributed by atoms with van der Waals surface area (Å²) in [5.74, 6) is -1.75. The number of pyridine rings is 1. The van der Waals surface area contributed by atoms with Crippen molar-refractivity contribution in [1.82, 2.24) is 19.8 Å². The van der Waals surface area contributed by atoms with E-state index in [1.54, 1.807) is 13.2 Å². The van der Waals surface area contributed by atoms with Crippen molar-refractivity contribution >= 4 is 28.2 Å². The van der Waals surface area contributed by atoms with Crippen molar-refractivity contribution in [2.45, 2.75) is 13.0 Å². The van der Waals surface area contributed by atoms with Crippen LogP contribution in [0.25, 0.3) is 27.7 Å². The number of nitrogens with zero attached hydrogens (tertiary/aromatic N) is 4. The molecule has 178 valence electrons. The van der Waals surface area contributed by atoms with Crippen LogP contribution in [0.4, 0.5) is 14.5 Å². The Bertz CT molecular complexity index is 1300. The standard InChI is InChI=1S/C25H27F2N5O2/c1-30(9-10-33)22(34)14-32-7-4-15(5-8-32)24-18-13-31(2)21-12-20(27)19(26)11-17(21)16-3-6-28-25(29-24)23(16)18/h3-4,6,11-12,33H,5,7-10,13-14H2,1-2H3,(H,28,29). The largest absolute Gasteiger partial charge is 0.395 e. The Morgan fingerprint density at radius 1 is 1.26 bits per heavy atom. The van der Waals surface area contributed by atoms with Gasteiger partial charge in [0.1, 0.15) is 5.65 Å². The van der Waals surface area contributed by atoms with E-state index < -0.39 is 11.6 Å². The van der Waals surface area contributed by atoms with Gasteiger partial charge < -0.3 is 19.9 Å². The molecule has 2 N–H and O–H groups in total. The molecule has 1 aromatic carbocycles. The maximum atomic E-state index is 14.2. The summed E-state index contributed by atoms with van der Waals surface area (Å²) < 4.78 is 28.2. The van der Waals surface area contributed by atoms with Crippen LogP contribution in [-0.2, 0) is 11.3 Å². The highest BCUT2D eigenvalue weighted by molar-refractivity contribution is 6.02. The van der Waals surface area contributed by atoms with Crippen LogP contribution < -0.4 is 4.90 Å². The molecule has 0 aliphatic carbocycles. The SMILES string of the molecule is CN(CCO)C(=O)CN1CC=C(c2[nH]c3nccc4c3c2CN(C)c2cc(F)c(F)cc2-4)CC1. The third-order valence-corrected chi connectivity index (χ3v) is 6.77. The molecule has 4 heterocycles. The highest BCUT2D eigenvalue weighted by Crippen LogP contribution is 2.43. The molecule has 0 bridgehead atoms. The molecule has 0 saturated carbocycles. The number of fused-ring (bicyclic) bond motifs is 2. The molecule has 0 spiro atoms. The second-order valence-corrected chi connectivity index (χ2v) is 8.95. The minimum atomic E-state index is -0.870. The van der Waals surface area contributed by atoms with Crippen LogP contribution >= 0.6 is 0 Å². The van der Waals surface area contributed by atoms with Crippen molar-refractivity contribution in [3.8, 4) is 11.1 Å². The third kappa shape index (κ3) is 3.84. The number of carbonyl (C=O) groups excluding carboxylic acids is 1. The summed E-state index contributed by atoms with van der Waals surface area (Å²) in [4.78, 5) is 25.9. The predicted octanol–water partition coefficient (Wildman–Crippen LogP) is 3.00. The Balaban J connectivity index is 1.49. The first kappa shape index (κ1) is 22.5. The predicted molar refractivity (Wildman–Crippen MR) is 127 cm³/mol. The van der Waals surface area contributed by atoms with Gasteiger partial charge in [0.05, 0.1) is 13.2 Å². The minimum absolute atomic E-state index is 0.0178. The maximum Gasteiger partial charge on any atom is 0.236 e. The molecule has 2 aliphatic rings. The lowest BCUT2D eigenvalue weighted by Crippen LogP contribution is -2.41. The number of benzene rings is 1. The molecule has 9 heteroatoms. The van der Waals surface area contributed by atoms with Crippen LogP contribution in [0.5, 0.6) is 0 Å². The number of nitrogens with one attached hydrogen (secondary N) is 1. The van der Waals surface area contributed by atoms with E-state index in [1.807, 2.05) is 18.0 Å². The van der Waals surface area contributed by atoms with Gasteiger partial charge in [-0.1, -0.05) is 6.08 Å². The summed E-state index contributed by atoms with van der Waals surface area (Å²) in [7, 11) is 3.57. The molecule has 34 heavy (non-hydrogen) atoms. The number of aliphatic hydroxyl groups excluding tert-OH is 1. The fourth-order valence-electron chi connectivity index (χ4n) is 4.90. The van der Waals surface area contributed by atoms with Crippen LogP contribution in [0, 0.1) is 11.6 Å². The van der Waals surface area contributed by atoms with Crippen molar-refractivity contribution in [3.05, 3.63) is 53.4 Å². The van der Waals surface area contributed by atoms with E-state index in [2.05, 4.69) is 20.9 Å². The van der Waals surface area contributed by atoms with Crippen molar-refractivity contribution in [2.75, 3.05) is 51.8 Å². The fraction of sp³-hybridized carbons (Fsp3) is 0.360. The molecule has 0 unspecified atom stereocenters. The molecule has 7 nitrogen and oxygen atoms in total. The molecule has 0 radical (unpaired) electrons. The number of amides is 1. The number of halogens is 2. The lowest BCUT2D eigenvalue weighted by Gasteiger charge is -2.28. The van der Waals surface area contributed by atoms with Gasteiger partial charge in [0.15, 0.2) is 11.6 Å². The molecule has 0 fully saturated rings. The number of H-pyrrole nitrogens is 1. The van der Waals surface area contributed by atoms with E-state index >= 15 is 0 Å². The van der Waals surface area contributed by atoms with Crippen molar-refractivity contribution in [2.24, 2.45) is 0 Å². The molecular weight excluding hydrogens is 440 g/mol. The zero-order valence-electron chi connectivity index (χ0n) is 19.2. The number of aliphatic hydroxyl groups is 1. The summed E-state index contributed by atoms with van der Waals surface area (Å²) in [6.07, 6.45) is 4.57. The average Bonchev–Trinajstić information content (AvgIpc) is 3.14. The first-order chi connectivity index (χ1) is 16.4. The fourth-order valence-corrected chi connectivity index (χ4v) is 4.90. The molecule has 5 rings (SSSR count). The van der Waals surface area contributed by atoms with Crippen LogP contribution in [0.3, 0.4) is 0 Å². The minimum Gasteiger partial charge on any atom is -0.395 e. The second-order valence-electron chi connectivity index (χ2n) is 8.95. The van der Waals surface area contributed by atoms with E-state index in [0.717, 1.165) is 46.4 Å². The zero-order valence-corrected chi connectivity index (χ0v) is 19.2. The number of anilines is 1. The van der Waals surface area contributed by atoms with Gasteiger partial charge in [0.25, 0.3) is 0 Å². The quantitative estimate of drug-likeness (QED) is 0.604. The smallest absolute Gasteiger partial charge is 0.236 e. The molecule has 0 saturated heterocycles. The van der Waals surface area contributed by atoms with E-state index in [9.17, 15) is 13.6 Å². The highest BCUT2D eigenvalue weighted by atomic mass is 19.2. The lowest BCUT2D eigenvalue weighted by atomic mass is 9.97. The Kier molecular flexibility index (Phi) is 5.83. The third-order valence-electron chi connectivity index (χ3n) is 6.77. The van der Waals surface area contributed by atoms with Gasteiger partial charge in [-0.15, -0.1) is 0 Å². The molecule has 0 atom stereocenters. The normalized spacial score (nSPS) is 15.8. The van der Waals surface area contributed by atoms with Gasteiger partial charge in [0.2, 0.25) is 5.91 Å². The Hall–Kier alpha value is -3.30. The van der Waals surface area contributed by atoms with Crippen LogP contribution in [0.1, 0.15) is 17.7 Å². The highest BCUT2D eigenvalue weighted by Gasteiger charge is 2.28. The second kappa shape index (κ2) is 8.81. The van der Waals surface area contributed by atoms with Gasteiger partial charge in [-0.3, -0.25) is 9.69 Å². The van der Waals surface area contributed by atoms with Gasteiger partial charge in [-0.2, -0.15) is 0 Å². The van der Waals surface area contributed by atoms with Crippen LogP contribution in [0.2, 0.25) is 0 Å². The van der Waals surface area contributed by atoms with Crippen molar-refractivity contribution in [3.63, 3.8) is 0 Å². The van der Waals surface area contributed by atoms with Crippen LogP contribution in [0.15, 0.2) is 30.5 Å². The Labute approximate surface area is 196 Å².